The van der Waals surface area contributed by atoms with Crippen molar-refractivity contribution in [1.29, 1.82) is 0 Å². The summed E-state index contributed by atoms with van der Waals surface area (Å²) in [5.41, 5.74) is 2.41. The van der Waals surface area contributed by atoms with Crippen molar-refractivity contribution in [1.82, 2.24) is 20.1 Å². The molecule has 0 saturated carbocycles. The van der Waals surface area contributed by atoms with Crippen LogP contribution in [0.3, 0.4) is 0 Å². The van der Waals surface area contributed by atoms with Crippen molar-refractivity contribution in [2.24, 2.45) is 0 Å². The molecule has 0 saturated heterocycles. The highest BCUT2D eigenvalue weighted by atomic mass is 32.2. The lowest BCUT2D eigenvalue weighted by Gasteiger charge is -2.15. The van der Waals surface area contributed by atoms with Crippen molar-refractivity contribution in [3.05, 3.63) is 65.5 Å². The third-order valence-electron chi connectivity index (χ3n) is 4.76. The first kappa shape index (κ1) is 23.9. The molecular formula is C23H27N5O2S2. The molecule has 3 rings (SSSR count). The summed E-state index contributed by atoms with van der Waals surface area (Å²) in [6, 6.07) is 14.9. The van der Waals surface area contributed by atoms with Gasteiger partial charge in [0.25, 0.3) is 5.91 Å². The second-order valence-corrected chi connectivity index (χ2v) is 9.04. The van der Waals surface area contributed by atoms with Crippen molar-refractivity contribution in [3.8, 4) is 0 Å². The average Bonchev–Trinajstić information content (AvgIpc) is 3.21. The van der Waals surface area contributed by atoms with Gasteiger partial charge in [0.05, 0.1) is 11.8 Å². The van der Waals surface area contributed by atoms with Crippen LogP contribution in [0.4, 0.5) is 5.69 Å². The number of carbonyl (C=O) groups is 2. The number of carbonyl (C=O) groups excluding carboxylic acids is 2. The van der Waals surface area contributed by atoms with Gasteiger partial charge in [0.2, 0.25) is 5.91 Å². The molecule has 168 valence electrons. The van der Waals surface area contributed by atoms with E-state index in [0.29, 0.717) is 23.1 Å². The Labute approximate surface area is 196 Å². The van der Waals surface area contributed by atoms with Gasteiger partial charge < -0.3 is 15.2 Å². The maximum atomic E-state index is 12.6. The van der Waals surface area contributed by atoms with Crippen LogP contribution in [0.2, 0.25) is 0 Å². The van der Waals surface area contributed by atoms with Crippen LogP contribution in [-0.2, 0) is 11.3 Å². The fraction of sp³-hybridized carbons (Fsp3) is 0.304. The highest BCUT2D eigenvalue weighted by Gasteiger charge is 2.20. The number of aromatic nitrogens is 3. The standard InChI is InChI=1S/C23H27N5O2S2/c1-5-28-21(16(3)24-22(30)17-9-6-8-15(2)12-17)26-27-23(28)32-14-20(29)25-18-10-7-11-19(13-18)31-4/h6-13,16H,5,14H2,1-4H3,(H,24,30)(H,25,29)/t16-/m0/s1. The Hall–Kier alpha value is -2.78. The highest BCUT2D eigenvalue weighted by molar-refractivity contribution is 7.99. The van der Waals surface area contributed by atoms with Crippen LogP contribution >= 0.6 is 23.5 Å². The predicted octanol–water partition coefficient (Wildman–Crippen LogP) is 4.55. The second-order valence-electron chi connectivity index (χ2n) is 7.22. The summed E-state index contributed by atoms with van der Waals surface area (Å²) in [4.78, 5) is 26.1. The molecule has 0 aliphatic carbocycles. The van der Waals surface area contributed by atoms with Gasteiger partial charge in [-0.1, -0.05) is 35.5 Å². The van der Waals surface area contributed by atoms with Gasteiger partial charge in [-0.15, -0.1) is 22.0 Å². The number of thioether (sulfide) groups is 2. The fourth-order valence-electron chi connectivity index (χ4n) is 3.18. The van der Waals surface area contributed by atoms with Crippen molar-refractivity contribution in [2.45, 2.75) is 43.4 Å². The molecule has 0 fully saturated rings. The molecule has 1 atom stereocenters. The van der Waals surface area contributed by atoms with Gasteiger partial charge in [0, 0.05) is 22.7 Å². The quantitative estimate of drug-likeness (QED) is 0.447. The topological polar surface area (TPSA) is 88.9 Å². The molecule has 0 aliphatic rings. The highest BCUT2D eigenvalue weighted by Crippen LogP contribution is 2.22. The third-order valence-corrected chi connectivity index (χ3v) is 6.45. The van der Waals surface area contributed by atoms with Crippen LogP contribution in [0, 0.1) is 6.92 Å². The first-order valence-corrected chi connectivity index (χ1v) is 12.5. The number of rotatable bonds is 9. The molecule has 2 aromatic carbocycles. The van der Waals surface area contributed by atoms with E-state index in [0.717, 1.165) is 16.1 Å². The van der Waals surface area contributed by atoms with Gasteiger partial charge in [-0.3, -0.25) is 9.59 Å². The first-order valence-electron chi connectivity index (χ1n) is 10.3. The second kappa shape index (κ2) is 11.2. The van der Waals surface area contributed by atoms with Gasteiger partial charge in [0.15, 0.2) is 11.0 Å². The van der Waals surface area contributed by atoms with Gasteiger partial charge in [-0.05, 0) is 57.4 Å². The van der Waals surface area contributed by atoms with Crippen LogP contribution in [0.5, 0.6) is 0 Å². The summed E-state index contributed by atoms with van der Waals surface area (Å²) >= 11 is 2.95. The van der Waals surface area contributed by atoms with Crippen molar-refractivity contribution >= 4 is 41.0 Å². The summed E-state index contributed by atoms with van der Waals surface area (Å²) < 4.78 is 1.92. The van der Waals surface area contributed by atoms with Crippen LogP contribution < -0.4 is 10.6 Å². The molecule has 1 aromatic heterocycles. The zero-order valence-electron chi connectivity index (χ0n) is 18.6. The van der Waals surface area contributed by atoms with E-state index in [1.54, 1.807) is 17.8 Å². The number of nitrogens with one attached hydrogen (secondary N) is 2. The number of hydrogen-bond acceptors (Lipinski definition) is 6. The first-order chi connectivity index (χ1) is 15.4. The lowest BCUT2D eigenvalue weighted by atomic mass is 10.1. The van der Waals surface area contributed by atoms with Crippen molar-refractivity contribution in [2.75, 3.05) is 17.3 Å². The summed E-state index contributed by atoms with van der Waals surface area (Å²) in [6.07, 6.45) is 2.00. The number of anilines is 1. The Morgan fingerprint density at radius 1 is 1.12 bits per heavy atom. The Balaban J connectivity index is 1.62. The fourth-order valence-corrected chi connectivity index (χ4v) is 4.45. The molecule has 0 spiro atoms. The lowest BCUT2D eigenvalue weighted by Crippen LogP contribution is -2.28. The summed E-state index contributed by atoms with van der Waals surface area (Å²) in [6.45, 7) is 6.45. The van der Waals surface area contributed by atoms with E-state index in [1.807, 2.05) is 74.1 Å². The summed E-state index contributed by atoms with van der Waals surface area (Å²) in [5, 5.41) is 15.1. The molecule has 7 nitrogen and oxygen atoms in total. The van der Waals surface area contributed by atoms with Crippen molar-refractivity contribution < 1.29 is 9.59 Å². The average molecular weight is 470 g/mol. The summed E-state index contributed by atoms with van der Waals surface area (Å²) in [5.74, 6) is 0.601. The Morgan fingerprint density at radius 2 is 1.91 bits per heavy atom. The van der Waals surface area contributed by atoms with Gasteiger partial charge in [-0.2, -0.15) is 0 Å². The van der Waals surface area contributed by atoms with Crippen LogP contribution in [0.15, 0.2) is 58.6 Å². The Kier molecular flexibility index (Phi) is 8.35. The third kappa shape index (κ3) is 6.14. The van der Waals surface area contributed by atoms with Crippen LogP contribution in [0.25, 0.3) is 0 Å². The molecule has 3 aromatic rings. The molecule has 32 heavy (non-hydrogen) atoms. The molecule has 0 radical (unpaired) electrons. The molecule has 2 amide bonds. The molecule has 1 heterocycles. The van der Waals surface area contributed by atoms with E-state index >= 15 is 0 Å². The number of amides is 2. The molecule has 9 heteroatoms. The van der Waals surface area contributed by atoms with Gasteiger partial charge in [0.1, 0.15) is 0 Å². The van der Waals surface area contributed by atoms with Gasteiger partial charge >= 0.3 is 0 Å². The molecule has 2 N–H and O–H groups in total. The predicted molar refractivity (Wildman–Crippen MR) is 130 cm³/mol. The van der Waals surface area contributed by atoms with Crippen LogP contribution in [0.1, 0.15) is 41.6 Å². The normalized spacial score (nSPS) is 11.8. The maximum absolute atomic E-state index is 12.6. The van der Waals surface area contributed by atoms with E-state index in [-0.39, 0.29) is 23.6 Å². The minimum Gasteiger partial charge on any atom is -0.342 e. The van der Waals surface area contributed by atoms with E-state index in [2.05, 4.69) is 20.8 Å². The summed E-state index contributed by atoms with van der Waals surface area (Å²) in [7, 11) is 0. The smallest absolute Gasteiger partial charge is 0.251 e. The largest absolute Gasteiger partial charge is 0.342 e. The Morgan fingerprint density at radius 3 is 2.62 bits per heavy atom. The Bertz CT molecular complexity index is 1100. The van der Waals surface area contributed by atoms with Crippen molar-refractivity contribution in [3.63, 3.8) is 0 Å². The van der Waals surface area contributed by atoms with Crippen LogP contribution in [-0.4, -0.2) is 38.6 Å². The zero-order chi connectivity index (χ0) is 23.1. The number of hydrogen-bond donors (Lipinski definition) is 2. The molecular weight excluding hydrogens is 442 g/mol. The van der Waals surface area contributed by atoms with E-state index in [9.17, 15) is 9.59 Å². The minimum absolute atomic E-state index is 0.110. The number of benzene rings is 2. The minimum atomic E-state index is -0.326. The molecule has 0 bridgehead atoms. The van der Waals surface area contributed by atoms with E-state index in [4.69, 9.17) is 0 Å². The van der Waals surface area contributed by atoms with Gasteiger partial charge in [-0.25, -0.2) is 0 Å². The number of aryl methyl sites for hydroxylation is 1. The maximum Gasteiger partial charge on any atom is 0.251 e. The SMILES string of the molecule is CCn1c(SCC(=O)Nc2cccc(SC)c2)nnc1[C@H](C)NC(=O)c1cccc(C)c1. The number of nitrogens with zero attached hydrogens (tertiary/aromatic N) is 3. The lowest BCUT2D eigenvalue weighted by molar-refractivity contribution is -0.113. The van der Waals surface area contributed by atoms with E-state index < -0.39 is 0 Å². The molecule has 0 unspecified atom stereocenters. The molecule has 0 aliphatic heterocycles. The van der Waals surface area contributed by atoms with E-state index in [1.165, 1.54) is 11.8 Å². The zero-order valence-corrected chi connectivity index (χ0v) is 20.2. The monoisotopic (exact) mass is 469 g/mol.